The lowest BCUT2D eigenvalue weighted by Crippen LogP contribution is -2.24. The van der Waals surface area contributed by atoms with E-state index < -0.39 is 0 Å². The highest BCUT2D eigenvalue weighted by atomic mass is 35.5. The standard InChI is InChI=1S/C9H13ClN4/c10-7-5-13-9(14-6-7)12-4-3-11-8-1-2-8/h5-6,8,11H,1-4H2,(H,12,13,14). The van der Waals surface area contributed by atoms with Gasteiger partial charge in [0.2, 0.25) is 5.95 Å². The maximum atomic E-state index is 5.66. The Kier molecular flexibility index (Phi) is 3.16. The highest BCUT2D eigenvalue weighted by molar-refractivity contribution is 6.30. The van der Waals surface area contributed by atoms with Gasteiger partial charge >= 0.3 is 0 Å². The van der Waals surface area contributed by atoms with Gasteiger partial charge in [-0.25, -0.2) is 9.97 Å². The van der Waals surface area contributed by atoms with Crippen LogP contribution >= 0.6 is 11.6 Å². The van der Waals surface area contributed by atoms with Crippen LogP contribution in [0.25, 0.3) is 0 Å². The number of nitrogens with zero attached hydrogens (tertiary/aromatic N) is 2. The lowest BCUT2D eigenvalue weighted by molar-refractivity contribution is 0.699. The van der Waals surface area contributed by atoms with Crippen LogP contribution in [-0.2, 0) is 0 Å². The van der Waals surface area contributed by atoms with Gasteiger partial charge in [0.25, 0.3) is 0 Å². The smallest absolute Gasteiger partial charge is 0.222 e. The monoisotopic (exact) mass is 212 g/mol. The van der Waals surface area contributed by atoms with Gasteiger partial charge in [-0.1, -0.05) is 11.6 Å². The number of nitrogens with one attached hydrogen (secondary N) is 2. The number of aromatic nitrogens is 2. The third-order valence-electron chi connectivity index (χ3n) is 2.04. The van der Waals surface area contributed by atoms with Crippen molar-refractivity contribution >= 4 is 17.5 Å². The van der Waals surface area contributed by atoms with Crippen molar-refractivity contribution in [1.29, 1.82) is 0 Å². The molecule has 0 bridgehead atoms. The van der Waals surface area contributed by atoms with Gasteiger partial charge in [-0.3, -0.25) is 0 Å². The summed E-state index contributed by atoms with van der Waals surface area (Å²) in [6.45, 7) is 1.80. The molecular weight excluding hydrogens is 200 g/mol. The molecular formula is C9H13ClN4. The minimum Gasteiger partial charge on any atom is -0.353 e. The molecule has 0 spiro atoms. The number of hydrogen-bond acceptors (Lipinski definition) is 4. The minimum atomic E-state index is 0.562. The molecule has 0 unspecified atom stereocenters. The fourth-order valence-electron chi connectivity index (χ4n) is 1.14. The van der Waals surface area contributed by atoms with Gasteiger partial charge < -0.3 is 10.6 Å². The van der Waals surface area contributed by atoms with E-state index >= 15 is 0 Å². The molecule has 0 saturated heterocycles. The third-order valence-corrected chi connectivity index (χ3v) is 2.23. The van der Waals surface area contributed by atoms with E-state index in [0.717, 1.165) is 19.1 Å². The summed E-state index contributed by atoms with van der Waals surface area (Å²) >= 11 is 5.66. The lowest BCUT2D eigenvalue weighted by Gasteiger charge is -2.04. The van der Waals surface area contributed by atoms with E-state index in [4.69, 9.17) is 11.6 Å². The van der Waals surface area contributed by atoms with E-state index in [2.05, 4.69) is 20.6 Å². The van der Waals surface area contributed by atoms with Gasteiger partial charge in [-0.05, 0) is 12.8 Å². The van der Waals surface area contributed by atoms with Crippen molar-refractivity contribution in [2.45, 2.75) is 18.9 Å². The van der Waals surface area contributed by atoms with E-state index in [9.17, 15) is 0 Å². The summed E-state index contributed by atoms with van der Waals surface area (Å²) in [6, 6.07) is 0.753. The molecule has 0 aliphatic heterocycles. The third kappa shape index (κ3) is 3.12. The Balaban J connectivity index is 1.66. The van der Waals surface area contributed by atoms with Crippen molar-refractivity contribution in [3.05, 3.63) is 17.4 Å². The molecule has 14 heavy (non-hydrogen) atoms. The van der Waals surface area contributed by atoms with Gasteiger partial charge in [-0.2, -0.15) is 0 Å². The zero-order chi connectivity index (χ0) is 9.80. The van der Waals surface area contributed by atoms with Gasteiger partial charge in [0.1, 0.15) is 0 Å². The van der Waals surface area contributed by atoms with Crippen LogP contribution < -0.4 is 10.6 Å². The Labute approximate surface area is 88.1 Å². The zero-order valence-electron chi connectivity index (χ0n) is 7.83. The first-order chi connectivity index (χ1) is 6.84. The van der Waals surface area contributed by atoms with Crippen molar-refractivity contribution < 1.29 is 0 Å². The van der Waals surface area contributed by atoms with E-state index in [1.807, 2.05) is 0 Å². The van der Waals surface area contributed by atoms with Crippen LogP contribution in [0.15, 0.2) is 12.4 Å². The van der Waals surface area contributed by atoms with Crippen molar-refractivity contribution in [2.75, 3.05) is 18.4 Å². The fraction of sp³-hybridized carbons (Fsp3) is 0.556. The molecule has 2 rings (SSSR count). The highest BCUT2D eigenvalue weighted by Gasteiger charge is 2.19. The Bertz CT molecular complexity index is 283. The lowest BCUT2D eigenvalue weighted by atomic mass is 10.5. The number of rotatable bonds is 5. The predicted octanol–water partition coefficient (Wildman–Crippen LogP) is 1.29. The quantitative estimate of drug-likeness (QED) is 0.723. The Hall–Kier alpha value is -0.870. The molecule has 2 N–H and O–H groups in total. The van der Waals surface area contributed by atoms with Gasteiger partial charge in [0, 0.05) is 19.1 Å². The highest BCUT2D eigenvalue weighted by Crippen LogP contribution is 2.17. The van der Waals surface area contributed by atoms with Crippen molar-refractivity contribution in [1.82, 2.24) is 15.3 Å². The Morgan fingerprint density at radius 2 is 2.00 bits per heavy atom. The first-order valence-corrected chi connectivity index (χ1v) is 5.17. The molecule has 0 atom stereocenters. The largest absolute Gasteiger partial charge is 0.353 e. The second-order valence-electron chi connectivity index (χ2n) is 3.38. The van der Waals surface area contributed by atoms with Crippen LogP contribution in [0.3, 0.4) is 0 Å². The van der Waals surface area contributed by atoms with Crippen LogP contribution in [0.4, 0.5) is 5.95 Å². The summed E-state index contributed by atoms with van der Waals surface area (Å²) in [4.78, 5) is 8.06. The second kappa shape index (κ2) is 4.57. The summed E-state index contributed by atoms with van der Waals surface area (Å²) in [7, 11) is 0. The van der Waals surface area contributed by atoms with Crippen LogP contribution in [-0.4, -0.2) is 29.1 Å². The first kappa shape index (κ1) is 9.68. The summed E-state index contributed by atoms with van der Waals surface area (Å²) in [5, 5.41) is 7.07. The Morgan fingerprint density at radius 3 is 2.64 bits per heavy atom. The average Bonchev–Trinajstić information content (AvgIpc) is 2.99. The van der Waals surface area contributed by atoms with E-state index in [1.54, 1.807) is 12.4 Å². The van der Waals surface area contributed by atoms with E-state index in [-0.39, 0.29) is 0 Å². The number of hydrogen-bond donors (Lipinski definition) is 2. The molecule has 1 aromatic rings. The van der Waals surface area contributed by atoms with Crippen LogP contribution in [0, 0.1) is 0 Å². The van der Waals surface area contributed by atoms with Gasteiger partial charge in [0.15, 0.2) is 0 Å². The SMILES string of the molecule is Clc1cnc(NCCNC2CC2)nc1. The first-order valence-electron chi connectivity index (χ1n) is 4.79. The summed E-state index contributed by atoms with van der Waals surface area (Å²) in [5.41, 5.74) is 0. The molecule has 1 heterocycles. The molecule has 1 aromatic heterocycles. The zero-order valence-corrected chi connectivity index (χ0v) is 8.59. The molecule has 1 saturated carbocycles. The van der Waals surface area contributed by atoms with Crippen LogP contribution in [0.2, 0.25) is 5.02 Å². The molecule has 5 heteroatoms. The van der Waals surface area contributed by atoms with Crippen molar-refractivity contribution in [3.63, 3.8) is 0 Å². The summed E-state index contributed by atoms with van der Waals surface area (Å²) in [6.07, 6.45) is 5.81. The van der Waals surface area contributed by atoms with E-state index in [0.29, 0.717) is 11.0 Å². The number of halogens is 1. The van der Waals surface area contributed by atoms with Crippen molar-refractivity contribution in [3.8, 4) is 0 Å². The Morgan fingerprint density at radius 1 is 1.29 bits per heavy atom. The summed E-state index contributed by atoms with van der Waals surface area (Å²) in [5.74, 6) is 0.631. The molecule has 4 nitrogen and oxygen atoms in total. The normalized spacial score (nSPS) is 15.5. The van der Waals surface area contributed by atoms with Gasteiger partial charge in [0.05, 0.1) is 17.4 Å². The van der Waals surface area contributed by atoms with Crippen LogP contribution in [0.1, 0.15) is 12.8 Å². The fourth-order valence-corrected chi connectivity index (χ4v) is 1.24. The maximum Gasteiger partial charge on any atom is 0.222 e. The predicted molar refractivity (Wildman–Crippen MR) is 56.6 cm³/mol. The molecule has 0 radical (unpaired) electrons. The topological polar surface area (TPSA) is 49.8 Å². The minimum absolute atomic E-state index is 0.562. The van der Waals surface area contributed by atoms with Crippen molar-refractivity contribution in [2.24, 2.45) is 0 Å². The van der Waals surface area contributed by atoms with E-state index in [1.165, 1.54) is 12.8 Å². The molecule has 0 amide bonds. The maximum absolute atomic E-state index is 5.66. The molecule has 76 valence electrons. The average molecular weight is 213 g/mol. The molecule has 1 aliphatic carbocycles. The molecule has 1 aliphatic rings. The van der Waals surface area contributed by atoms with Crippen LogP contribution in [0.5, 0.6) is 0 Å². The van der Waals surface area contributed by atoms with Gasteiger partial charge in [-0.15, -0.1) is 0 Å². The summed E-state index contributed by atoms with van der Waals surface area (Å²) < 4.78 is 0. The second-order valence-corrected chi connectivity index (χ2v) is 3.82. The number of anilines is 1. The molecule has 1 fully saturated rings. The molecule has 0 aromatic carbocycles.